The lowest BCUT2D eigenvalue weighted by Gasteiger charge is -2.32. The Bertz CT molecular complexity index is 818. The van der Waals surface area contributed by atoms with Crippen LogP contribution in [-0.2, 0) is 0 Å². The Morgan fingerprint density at radius 1 is 0.920 bits per heavy atom. The van der Waals surface area contributed by atoms with Crippen molar-refractivity contribution in [2.75, 3.05) is 31.1 Å². The average Bonchev–Trinajstić information content (AvgIpc) is 2.66. The van der Waals surface area contributed by atoms with Crippen molar-refractivity contribution in [3.8, 4) is 0 Å². The standard InChI is InChI=1S/C20H22N2O3/c23-13-5-12-22-19(24)15-7-4-6-14-17(21-10-2-1-3-11-21)9-8-16(18(14)15)20(22)25/h4,6-9,23H,1-3,5,10-13H2. The highest BCUT2D eigenvalue weighted by Gasteiger charge is 2.33. The molecule has 0 aromatic heterocycles. The van der Waals surface area contributed by atoms with Gasteiger partial charge in [-0.05, 0) is 43.9 Å². The highest BCUT2D eigenvalue weighted by molar-refractivity contribution is 6.26. The van der Waals surface area contributed by atoms with Gasteiger partial charge in [-0.3, -0.25) is 14.5 Å². The Labute approximate surface area is 146 Å². The summed E-state index contributed by atoms with van der Waals surface area (Å²) in [6.07, 6.45) is 4.01. The molecule has 0 spiro atoms. The number of aliphatic hydroxyl groups excluding tert-OH is 1. The molecule has 2 aromatic carbocycles. The van der Waals surface area contributed by atoms with E-state index >= 15 is 0 Å². The predicted molar refractivity (Wildman–Crippen MR) is 97.1 cm³/mol. The number of hydrogen-bond acceptors (Lipinski definition) is 4. The smallest absolute Gasteiger partial charge is 0.261 e. The fraction of sp³-hybridized carbons (Fsp3) is 0.400. The first-order chi connectivity index (χ1) is 12.2. The summed E-state index contributed by atoms with van der Waals surface area (Å²) in [5.41, 5.74) is 2.29. The van der Waals surface area contributed by atoms with E-state index in [2.05, 4.69) is 4.90 Å². The normalized spacial score (nSPS) is 17.5. The molecule has 0 radical (unpaired) electrons. The number of imide groups is 1. The number of aliphatic hydroxyl groups is 1. The van der Waals surface area contributed by atoms with Crippen molar-refractivity contribution in [1.82, 2.24) is 4.90 Å². The largest absolute Gasteiger partial charge is 0.396 e. The third-order valence-corrected chi connectivity index (χ3v) is 5.21. The number of rotatable bonds is 4. The Balaban J connectivity index is 1.85. The molecule has 5 nitrogen and oxygen atoms in total. The van der Waals surface area contributed by atoms with E-state index in [1.54, 1.807) is 6.07 Å². The molecule has 25 heavy (non-hydrogen) atoms. The first-order valence-corrected chi connectivity index (χ1v) is 9.00. The fourth-order valence-electron chi connectivity index (χ4n) is 3.97. The average molecular weight is 338 g/mol. The van der Waals surface area contributed by atoms with Crippen LogP contribution in [0.25, 0.3) is 10.8 Å². The summed E-state index contributed by atoms with van der Waals surface area (Å²) in [6.45, 7) is 2.24. The maximum atomic E-state index is 12.8. The summed E-state index contributed by atoms with van der Waals surface area (Å²) < 4.78 is 0. The Morgan fingerprint density at radius 3 is 2.36 bits per heavy atom. The summed E-state index contributed by atoms with van der Waals surface area (Å²) in [6, 6.07) is 9.58. The fourth-order valence-corrected chi connectivity index (χ4v) is 3.97. The van der Waals surface area contributed by atoms with Crippen molar-refractivity contribution in [2.24, 2.45) is 0 Å². The van der Waals surface area contributed by atoms with Crippen LogP contribution >= 0.6 is 0 Å². The van der Waals surface area contributed by atoms with Gasteiger partial charge in [0, 0.05) is 53.8 Å². The second-order valence-corrected chi connectivity index (χ2v) is 6.75. The molecule has 4 rings (SSSR count). The van der Waals surface area contributed by atoms with Crippen LogP contribution in [0.5, 0.6) is 0 Å². The maximum Gasteiger partial charge on any atom is 0.261 e. The van der Waals surface area contributed by atoms with Crippen LogP contribution in [0, 0.1) is 0 Å². The van der Waals surface area contributed by atoms with Crippen LogP contribution in [0.4, 0.5) is 5.69 Å². The lowest BCUT2D eigenvalue weighted by atomic mass is 9.92. The molecule has 0 aliphatic carbocycles. The predicted octanol–water partition coefficient (Wildman–Crippen LogP) is 2.81. The molecule has 0 unspecified atom stereocenters. The molecule has 1 fully saturated rings. The zero-order valence-electron chi connectivity index (χ0n) is 14.2. The third kappa shape index (κ3) is 2.59. The lowest BCUT2D eigenvalue weighted by Crippen LogP contribution is -2.41. The van der Waals surface area contributed by atoms with Crippen LogP contribution < -0.4 is 4.90 Å². The van der Waals surface area contributed by atoms with Crippen molar-refractivity contribution in [3.63, 3.8) is 0 Å². The van der Waals surface area contributed by atoms with Crippen molar-refractivity contribution in [1.29, 1.82) is 0 Å². The maximum absolute atomic E-state index is 12.8. The van der Waals surface area contributed by atoms with E-state index in [0.29, 0.717) is 17.5 Å². The van der Waals surface area contributed by atoms with Gasteiger partial charge >= 0.3 is 0 Å². The topological polar surface area (TPSA) is 60.9 Å². The van der Waals surface area contributed by atoms with Crippen LogP contribution in [-0.4, -0.2) is 48.1 Å². The molecule has 2 aliphatic heterocycles. The molecule has 2 aromatic rings. The van der Waals surface area contributed by atoms with Crippen molar-refractivity contribution < 1.29 is 14.7 Å². The van der Waals surface area contributed by atoms with Gasteiger partial charge in [0.2, 0.25) is 0 Å². The zero-order chi connectivity index (χ0) is 17.4. The Kier molecular flexibility index (Phi) is 4.17. The van der Waals surface area contributed by atoms with Crippen LogP contribution in [0.15, 0.2) is 30.3 Å². The minimum Gasteiger partial charge on any atom is -0.396 e. The van der Waals surface area contributed by atoms with E-state index in [1.807, 2.05) is 24.3 Å². The van der Waals surface area contributed by atoms with Gasteiger partial charge in [0.25, 0.3) is 11.8 Å². The van der Waals surface area contributed by atoms with E-state index in [9.17, 15) is 9.59 Å². The molecule has 5 heteroatoms. The van der Waals surface area contributed by atoms with Gasteiger partial charge in [-0.1, -0.05) is 12.1 Å². The second-order valence-electron chi connectivity index (χ2n) is 6.75. The van der Waals surface area contributed by atoms with Crippen molar-refractivity contribution in [2.45, 2.75) is 25.7 Å². The van der Waals surface area contributed by atoms with Crippen molar-refractivity contribution in [3.05, 3.63) is 41.5 Å². The zero-order valence-corrected chi connectivity index (χ0v) is 14.2. The quantitative estimate of drug-likeness (QED) is 0.871. The van der Waals surface area contributed by atoms with E-state index in [-0.39, 0.29) is 25.0 Å². The molecule has 130 valence electrons. The Morgan fingerprint density at radius 2 is 1.64 bits per heavy atom. The summed E-state index contributed by atoms with van der Waals surface area (Å²) in [7, 11) is 0. The molecule has 2 heterocycles. The van der Waals surface area contributed by atoms with E-state index in [1.165, 1.54) is 24.2 Å². The monoisotopic (exact) mass is 338 g/mol. The summed E-state index contributed by atoms with van der Waals surface area (Å²) in [4.78, 5) is 29.3. The van der Waals surface area contributed by atoms with Gasteiger partial charge in [0.05, 0.1) is 0 Å². The molecule has 0 saturated carbocycles. The SMILES string of the molecule is O=C1c2cccc3c(N4CCCCC4)ccc(c23)C(=O)N1CCCO. The van der Waals surface area contributed by atoms with E-state index < -0.39 is 0 Å². The van der Waals surface area contributed by atoms with E-state index in [4.69, 9.17) is 5.11 Å². The molecular formula is C20H22N2O3. The lowest BCUT2D eigenvalue weighted by molar-refractivity contribution is 0.0601. The molecule has 1 N–H and O–H groups in total. The molecule has 2 amide bonds. The van der Waals surface area contributed by atoms with Crippen LogP contribution in [0.2, 0.25) is 0 Å². The highest BCUT2D eigenvalue weighted by atomic mass is 16.3. The van der Waals surface area contributed by atoms with E-state index in [0.717, 1.165) is 29.5 Å². The molecular weight excluding hydrogens is 316 g/mol. The first kappa shape index (κ1) is 16.1. The van der Waals surface area contributed by atoms with Crippen LogP contribution in [0.3, 0.4) is 0 Å². The number of piperidine rings is 1. The molecule has 2 aliphatic rings. The molecule has 1 saturated heterocycles. The summed E-state index contributed by atoms with van der Waals surface area (Å²) in [5.74, 6) is -0.514. The number of anilines is 1. The molecule has 0 atom stereocenters. The number of carbonyl (C=O) groups is 2. The van der Waals surface area contributed by atoms with Gasteiger partial charge in [-0.15, -0.1) is 0 Å². The van der Waals surface area contributed by atoms with Gasteiger partial charge < -0.3 is 10.0 Å². The van der Waals surface area contributed by atoms with Gasteiger partial charge in [0.1, 0.15) is 0 Å². The third-order valence-electron chi connectivity index (χ3n) is 5.21. The number of benzene rings is 2. The minimum absolute atomic E-state index is 0.0397. The summed E-state index contributed by atoms with van der Waals surface area (Å²) in [5, 5.41) is 10.8. The van der Waals surface area contributed by atoms with Gasteiger partial charge in [-0.25, -0.2) is 0 Å². The van der Waals surface area contributed by atoms with Gasteiger partial charge in [-0.2, -0.15) is 0 Å². The first-order valence-electron chi connectivity index (χ1n) is 9.00. The number of hydrogen-bond donors (Lipinski definition) is 1. The van der Waals surface area contributed by atoms with Gasteiger partial charge in [0.15, 0.2) is 0 Å². The van der Waals surface area contributed by atoms with Crippen molar-refractivity contribution >= 4 is 28.3 Å². The Hall–Kier alpha value is -2.40. The molecule has 0 bridgehead atoms. The number of amides is 2. The minimum atomic E-state index is -0.257. The number of carbonyl (C=O) groups excluding carboxylic acids is 2. The second kappa shape index (κ2) is 6.48. The highest BCUT2D eigenvalue weighted by Crippen LogP contribution is 2.36. The summed E-state index contributed by atoms with van der Waals surface area (Å²) >= 11 is 0. The number of nitrogens with zero attached hydrogens (tertiary/aromatic N) is 2. The van der Waals surface area contributed by atoms with Crippen LogP contribution in [0.1, 0.15) is 46.4 Å².